The van der Waals surface area contributed by atoms with Gasteiger partial charge in [0.2, 0.25) is 0 Å². The number of rotatable bonds is 5. The van der Waals surface area contributed by atoms with Gasteiger partial charge in [0, 0.05) is 12.6 Å². The van der Waals surface area contributed by atoms with Crippen LogP contribution in [0.15, 0.2) is 18.3 Å². The van der Waals surface area contributed by atoms with Gasteiger partial charge in [0.25, 0.3) is 0 Å². The average Bonchev–Trinajstić information content (AvgIpc) is 3.18. The monoisotopic (exact) mass is 232 g/mol. The van der Waals surface area contributed by atoms with Gasteiger partial charge in [-0.05, 0) is 50.7 Å². The van der Waals surface area contributed by atoms with Crippen LogP contribution in [0.3, 0.4) is 0 Å². The predicted molar refractivity (Wildman–Crippen MR) is 68.0 cm³/mol. The molecule has 3 rings (SSSR count). The Labute approximate surface area is 102 Å². The van der Waals surface area contributed by atoms with Crippen LogP contribution in [-0.4, -0.2) is 22.7 Å². The fourth-order valence-corrected chi connectivity index (χ4v) is 2.24. The molecule has 92 valence electrons. The van der Waals surface area contributed by atoms with Gasteiger partial charge in [0.15, 0.2) is 0 Å². The predicted octanol–water partition coefficient (Wildman–Crippen LogP) is 2.51. The van der Waals surface area contributed by atoms with Crippen molar-refractivity contribution in [2.24, 2.45) is 5.92 Å². The highest BCUT2D eigenvalue weighted by Gasteiger charge is 2.33. The summed E-state index contributed by atoms with van der Waals surface area (Å²) in [7, 11) is 0. The van der Waals surface area contributed by atoms with Crippen LogP contribution in [0.1, 0.15) is 44.4 Å². The van der Waals surface area contributed by atoms with Crippen molar-refractivity contribution >= 4 is 5.69 Å². The molecule has 0 saturated heterocycles. The van der Waals surface area contributed by atoms with Crippen molar-refractivity contribution in [2.75, 3.05) is 11.4 Å². The van der Waals surface area contributed by atoms with E-state index >= 15 is 0 Å². The number of aromatic nitrogens is 1. The molecule has 1 atom stereocenters. The molecule has 1 aromatic heterocycles. The van der Waals surface area contributed by atoms with E-state index in [1.54, 1.807) is 6.92 Å². The number of anilines is 1. The topological polar surface area (TPSA) is 36.4 Å². The number of hydrogen-bond acceptors (Lipinski definition) is 3. The van der Waals surface area contributed by atoms with Gasteiger partial charge >= 0.3 is 0 Å². The second-order valence-electron chi connectivity index (χ2n) is 5.44. The Kier molecular flexibility index (Phi) is 2.79. The molecule has 3 nitrogen and oxygen atoms in total. The third-order valence-corrected chi connectivity index (χ3v) is 3.67. The lowest BCUT2D eigenvalue weighted by Crippen LogP contribution is -2.28. The van der Waals surface area contributed by atoms with Crippen LogP contribution in [0.2, 0.25) is 0 Å². The van der Waals surface area contributed by atoms with Crippen molar-refractivity contribution in [3.05, 3.63) is 24.0 Å². The first-order valence-electron chi connectivity index (χ1n) is 6.64. The van der Waals surface area contributed by atoms with Crippen LogP contribution >= 0.6 is 0 Å². The van der Waals surface area contributed by atoms with Gasteiger partial charge in [-0.3, -0.25) is 4.98 Å². The van der Waals surface area contributed by atoms with Crippen molar-refractivity contribution < 1.29 is 5.11 Å². The molecule has 17 heavy (non-hydrogen) atoms. The molecular weight excluding hydrogens is 212 g/mol. The lowest BCUT2D eigenvalue weighted by atomic mass is 10.2. The Morgan fingerprint density at radius 1 is 1.35 bits per heavy atom. The normalized spacial score (nSPS) is 21.3. The molecule has 2 aliphatic carbocycles. The summed E-state index contributed by atoms with van der Waals surface area (Å²) in [5.74, 6) is 0.909. The van der Waals surface area contributed by atoms with Crippen molar-refractivity contribution in [3.63, 3.8) is 0 Å². The largest absolute Gasteiger partial charge is 0.387 e. The second kappa shape index (κ2) is 4.30. The summed E-state index contributed by atoms with van der Waals surface area (Å²) in [6.45, 7) is 2.95. The molecule has 2 fully saturated rings. The third-order valence-electron chi connectivity index (χ3n) is 3.67. The summed E-state index contributed by atoms with van der Waals surface area (Å²) >= 11 is 0. The van der Waals surface area contributed by atoms with Crippen LogP contribution < -0.4 is 4.90 Å². The zero-order valence-corrected chi connectivity index (χ0v) is 10.3. The molecule has 3 heteroatoms. The van der Waals surface area contributed by atoms with Gasteiger partial charge in [0.1, 0.15) is 0 Å². The molecule has 0 aromatic carbocycles. The summed E-state index contributed by atoms with van der Waals surface area (Å²) in [6, 6.07) is 4.80. The molecular formula is C14H20N2O. The van der Waals surface area contributed by atoms with Crippen LogP contribution in [-0.2, 0) is 0 Å². The minimum absolute atomic E-state index is 0.471. The third kappa shape index (κ3) is 2.60. The maximum Gasteiger partial charge on any atom is 0.0931 e. The smallest absolute Gasteiger partial charge is 0.0931 e. The zero-order chi connectivity index (χ0) is 11.8. The van der Waals surface area contributed by atoms with E-state index in [1.807, 2.05) is 12.3 Å². The Hall–Kier alpha value is -1.09. The lowest BCUT2D eigenvalue weighted by molar-refractivity contribution is 0.194. The standard InChI is InChI=1S/C14H20N2O/c1-10(17)14-7-6-13(8-15-14)16(12-4-5-12)9-11-2-3-11/h6-8,10-12,17H,2-5,9H2,1H3/t10-/m1/s1. The van der Waals surface area contributed by atoms with Crippen LogP contribution in [0.4, 0.5) is 5.69 Å². The van der Waals surface area contributed by atoms with Crippen molar-refractivity contribution in [1.82, 2.24) is 4.98 Å². The minimum Gasteiger partial charge on any atom is -0.387 e. The molecule has 2 saturated carbocycles. The summed E-state index contributed by atoms with van der Waals surface area (Å²) in [5.41, 5.74) is 1.99. The highest BCUT2D eigenvalue weighted by atomic mass is 16.3. The first-order chi connectivity index (χ1) is 8.24. The first kappa shape index (κ1) is 11.0. The molecule has 2 aliphatic rings. The molecule has 1 heterocycles. The summed E-state index contributed by atoms with van der Waals surface area (Å²) in [6.07, 6.45) is 6.88. The number of nitrogens with zero attached hydrogens (tertiary/aromatic N) is 2. The number of pyridine rings is 1. The number of aliphatic hydroxyl groups excluding tert-OH is 1. The fourth-order valence-electron chi connectivity index (χ4n) is 2.24. The molecule has 1 N–H and O–H groups in total. The average molecular weight is 232 g/mol. The molecule has 0 bridgehead atoms. The minimum atomic E-state index is -0.471. The summed E-state index contributed by atoms with van der Waals surface area (Å²) < 4.78 is 0. The van der Waals surface area contributed by atoms with E-state index in [0.29, 0.717) is 0 Å². The molecule has 1 aromatic rings. The van der Waals surface area contributed by atoms with Gasteiger partial charge in [-0.1, -0.05) is 0 Å². The molecule has 0 amide bonds. The SMILES string of the molecule is C[C@@H](O)c1ccc(N(CC2CC2)C2CC2)cn1. The van der Waals surface area contributed by atoms with Gasteiger partial charge in [-0.2, -0.15) is 0 Å². The van der Waals surface area contributed by atoms with E-state index in [1.165, 1.54) is 37.9 Å². The summed E-state index contributed by atoms with van der Waals surface area (Å²) in [4.78, 5) is 6.86. The van der Waals surface area contributed by atoms with E-state index in [2.05, 4.69) is 16.0 Å². The van der Waals surface area contributed by atoms with Crippen molar-refractivity contribution in [2.45, 2.75) is 44.8 Å². The van der Waals surface area contributed by atoms with E-state index in [-0.39, 0.29) is 0 Å². The highest BCUT2D eigenvalue weighted by Crippen LogP contribution is 2.37. The fraction of sp³-hybridized carbons (Fsp3) is 0.643. The van der Waals surface area contributed by atoms with E-state index in [9.17, 15) is 5.11 Å². The molecule has 0 unspecified atom stereocenters. The Morgan fingerprint density at radius 3 is 2.59 bits per heavy atom. The molecule has 0 spiro atoms. The van der Waals surface area contributed by atoms with E-state index in [0.717, 1.165) is 17.7 Å². The van der Waals surface area contributed by atoms with Gasteiger partial charge in [-0.25, -0.2) is 0 Å². The number of hydrogen-bond donors (Lipinski definition) is 1. The quantitative estimate of drug-likeness (QED) is 0.847. The van der Waals surface area contributed by atoms with Crippen LogP contribution in [0.5, 0.6) is 0 Å². The number of aliphatic hydroxyl groups is 1. The lowest BCUT2D eigenvalue weighted by Gasteiger charge is -2.24. The molecule has 0 radical (unpaired) electrons. The van der Waals surface area contributed by atoms with Crippen molar-refractivity contribution in [3.8, 4) is 0 Å². The zero-order valence-electron chi connectivity index (χ0n) is 10.3. The first-order valence-corrected chi connectivity index (χ1v) is 6.64. The maximum absolute atomic E-state index is 9.45. The second-order valence-corrected chi connectivity index (χ2v) is 5.44. The van der Waals surface area contributed by atoms with E-state index in [4.69, 9.17) is 0 Å². The van der Waals surface area contributed by atoms with Gasteiger partial charge < -0.3 is 10.0 Å². The van der Waals surface area contributed by atoms with Gasteiger partial charge in [-0.15, -0.1) is 0 Å². The summed E-state index contributed by atoms with van der Waals surface area (Å²) in [5, 5.41) is 9.45. The van der Waals surface area contributed by atoms with Crippen LogP contribution in [0.25, 0.3) is 0 Å². The Morgan fingerprint density at radius 2 is 2.12 bits per heavy atom. The Balaban J connectivity index is 1.75. The molecule has 0 aliphatic heterocycles. The van der Waals surface area contributed by atoms with Crippen molar-refractivity contribution in [1.29, 1.82) is 0 Å². The van der Waals surface area contributed by atoms with Crippen LogP contribution in [0, 0.1) is 5.92 Å². The highest BCUT2D eigenvalue weighted by molar-refractivity contribution is 5.47. The van der Waals surface area contributed by atoms with Gasteiger partial charge in [0.05, 0.1) is 23.7 Å². The van der Waals surface area contributed by atoms with E-state index < -0.39 is 6.10 Å². The Bertz CT molecular complexity index is 380. The maximum atomic E-state index is 9.45.